The van der Waals surface area contributed by atoms with Crippen molar-refractivity contribution >= 4 is 12.1 Å². The van der Waals surface area contributed by atoms with E-state index in [0.29, 0.717) is 6.42 Å². The van der Waals surface area contributed by atoms with Crippen LogP contribution in [-0.2, 0) is 9.53 Å². The van der Waals surface area contributed by atoms with Crippen LogP contribution in [0.1, 0.15) is 12.8 Å². The topological polar surface area (TPSA) is 89.6 Å². The number of amides is 1. The van der Waals surface area contributed by atoms with Crippen molar-refractivity contribution in [1.82, 2.24) is 0 Å². The summed E-state index contributed by atoms with van der Waals surface area (Å²) in [6.45, 7) is 0.0711. The maximum absolute atomic E-state index is 9.90. The van der Waals surface area contributed by atoms with E-state index in [-0.39, 0.29) is 13.0 Å². The number of nitrogens with two attached hydrogens (primary N) is 1. The summed E-state index contributed by atoms with van der Waals surface area (Å²) in [5, 5.41) is 8.11. The van der Waals surface area contributed by atoms with Crippen molar-refractivity contribution in [2.24, 2.45) is 5.73 Å². The predicted molar refractivity (Wildman–Crippen MR) is 32.4 cm³/mol. The van der Waals surface area contributed by atoms with Crippen LogP contribution in [0.15, 0.2) is 0 Å². The molecule has 0 bridgehead atoms. The lowest BCUT2D eigenvalue weighted by atomic mass is 10.3. The number of hydrogen-bond donors (Lipinski definition) is 2. The highest BCUT2D eigenvalue weighted by molar-refractivity contribution is 5.67. The minimum absolute atomic E-state index is 0.00667. The van der Waals surface area contributed by atoms with Crippen LogP contribution >= 0.6 is 0 Å². The Balaban J connectivity index is 3.06. The summed E-state index contributed by atoms with van der Waals surface area (Å²) >= 11 is 0. The first-order chi connectivity index (χ1) is 4.63. The normalized spacial score (nSPS) is 8.80. The Hall–Kier alpha value is -1.26. The van der Waals surface area contributed by atoms with Crippen LogP contribution in [0.2, 0.25) is 0 Å². The average Bonchev–Trinajstić information content (AvgIpc) is 1.79. The summed E-state index contributed by atoms with van der Waals surface area (Å²) in [5.74, 6) is -0.909. The van der Waals surface area contributed by atoms with Gasteiger partial charge in [0, 0.05) is 6.42 Å². The molecule has 5 nitrogen and oxygen atoms in total. The molecule has 0 rings (SSSR count). The zero-order valence-electron chi connectivity index (χ0n) is 5.37. The van der Waals surface area contributed by atoms with Gasteiger partial charge in [0.05, 0.1) is 6.61 Å². The number of primary amides is 1. The first kappa shape index (κ1) is 8.74. The van der Waals surface area contributed by atoms with Gasteiger partial charge in [-0.1, -0.05) is 0 Å². The highest BCUT2D eigenvalue weighted by Crippen LogP contribution is 1.88. The molecule has 0 aromatic heterocycles. The van der Waals surface area contributed by atoms with Gasteiger partial charge >= 0.3 is 12.1 Å². The van der Waals surface area contributed by atoms with Gasteiger partial charge in [0.25, 0.3) is 0 Å². The molecule has 0 unspecified atom stereocenters. The van der Waals surface area contributed by atoms with E-state index in [1.165, 1.54) is 0 Å². The van der Waals surface area contributed by atoms with Gasteiger partial charge in [-0.3, -0.25) is 4.79 Å². The highest BCUT2D eigenvalue weighted by Gasteiger charge is 1.97. The maximum atomic E-state index is 9.90. The highest BCUT2D eigenvalue weighted by atomic mass is 16.5. The molecule has 0 aromatic carbocycles. The molecule has 0 aliphatic rings. The van der Waals surface area contributed by atoms with Gasteiger partial charge in [-0.25, -0.2) is 4.79 Å². The lowest BCUT2D eigenvalue weighted by Crippen LogP contribution is -2.14. The fraction of sp³-hybridized carbons (Fsp3) is 0.600. The van der Waals surface area contributed by atoms with Crippen LogP contribution in [0, 0.1) is 0 Å². The molecule has 10 heavy (non-hydrogen) atoms. The number of carbonyl (C=O) groups is 2. The Morgan fingerprint density at radius 2 is 2.10 bits per heavy atom. The average molecular weight is 147 g/mol. The molecule has 0 spiro atoms. The van der Waals surface area contributed by atoms with Crippen LogP contribution in [0.5, 0.6) is 0 Å². The summed E-state index contributed by atoms with van der Waals surface area (Å²) in [5.41, 5.74) is 4.60. The molecule has 1 amide bonds. The Bertz CT molecular complexity index is 118. The summed E-state index contributed by atoms with van der Waals surface area (Å²) in [7, 11) is 0. The molecule has 3 N–H and O–H groups in total. The van der Waals surface area contributed by atoms with Crippen LogP contribution in [0.3, 0.4) is 0 Å². The summed E-state index contributed by atoms with van der Waals surface area (Å²) in [4.78, 5) is 19.8. The SMILES string of the molecule is NC(=O)OCCCC(=O)O. The third-order valence-corrected chi connectivity index (χ3v) is 0.779. The fourth-order valence-corrected chi connectivity index (χ4v) is 0.396. The third-order valence-electron chi connectivity index (χ3n) is 0.779. The van der Waals surface area contributed by atoms with Gasteiger partial charge in [-0.15, -0.1) is 0 Å². The van der Waals surface area contributed by atoms with E-state index in [1.54, 1.807) is 0 Å². The maximum Gasteiger partial charge on any atom is 0.404 e. The summed E-state index contributed by atoms with van der Waals surface area (Å²) < 4.78 is 4.27. The Morgan fingerprint density at radius 3 is 2.50 bits per heavy atom. The number of carboxylic acid groups (broad SMARTS) is 1. The van der Waals surface area contributed by atoms with E-state index in [0.717, 1.165) is 0 Å². The first-order valence-corrected chi connectivity index (χ1v) is 2.77. The molecule has 0 heterocycles. The van der Waals surface area contributed by atoms with E-state index in [4.69, 9.17) is 5.11 Å². The molecule has 0 aromatic rings. The largest absolute Gasteiger partial charge is 0.481 e. The molecule has 5 heteroatoms. The number of hydrogen-bond acceptors (Lipinski definition) is 3. The van der Waals surface area contributed by atoms with E-state index in [9.17, 15) is 9.59 Å². The van der Waals surface area contributed by atoms with Crippen LogP contribution in [0.25, 0.3) is 0 Å². The quantitative estimate of drug-likeness (QED) is 0.545. The van der Waals surface area contributed by atoms with E-state index < -0.39 is 12.1 Å². The monoisotopic (exact) mass is 147 g/mol. The van der Waals surface area contributed by atoms with Crippen molar-refractivity contribution in [3.63, 3.8) is 0 Å². The molecular weight excluding hydrogens is 138 g/mol. The molecule has 58 valence electrons. The minimum Gasteiger partial charge on any atom is -0.481 e. The van der Waals surface area contributed by atoms with Gasteiger partial charge in [0.15, 0.2) is 0 Å². The minimum atomic E-state index is -0.909. The molecular formula is C5H9NO4. The Kier molecular flexibility index (Phi) is 4.02. The van der Waals surface area contributed by atoms with Gasteiger partial charge in [0.2, 0.25) is 0 Å². The Labute approximate surface area is 57.8 Å². The lowest BCUT2D eigenvalue weighted by molar-refractivity contribution is -0.137. The summed E-state index contributed by atoms with van der Waals surface area (Å²) in [6.07, 6.45) is -0.573. The second-order valence-corrected chi connectivity index (χ2v) is 1.66. The second kappa shape index (κ2) is 4.60. The number of ether oxygens (including phenoxy) is 1. The van der Waals surface area contributed by atoms with Crippen molar-refractivity contribution in [1.29, 1.82) is 0 Å². The van der Waals surface area contributed by atoms with Gasteiger partial charge in [-0.2, -0.15) is 0 Å². The number of carbonyl (C=O) groups excluding carboxylic acids is 1. The predicted octanol–water partition coefficient (Wildman–Crippen LogP) is -0.0535. The van der Waals surface area contributed by atoms with Crippen molar-refractivity contribution in [3.05, 3.63) is 0 Å². The molecule has 0 saturated heterocycles. The molecule has 0 saturated carbocycles. The molecule has 0 aliphatic heterocycles. The van der Waals surface area contributed by atoms with Gasteiger partial charge in [-0.05, 0) is 6.42 Å². The number of aliphatic carboxylic acids is 1. The van der Waals surface area contributed by atoms with Crippen LogP contribution in [0.4, 0.5) is 4.79 Å². The molecule has 0 fully saturated rings. The lowest BCUT2D eigenvalue weighted by Gasteiger charge is -1.97. The van der Waals surface area contributed by atoms with E-state index >= 15 is 0 Å². The van der Waals surface area contributed by atoms with Crippen LogP contribution in [-0.4, -0.2) is 23.8 Å². The number of carboxylic acids is 1. The standard InChI is InChI=1S/C5H9NO4/c6-5(9)10-3-1-2-4(7)8/h1-3H2,(H2,6,9)(H,7,8). The fourth-order valence-electron chi connectivity index (χ4n) is 0.396. The van der Waals surface area contributed by atoms with Crippen molar-refractivity contribution in [2.75, 3.05) is 6.61 Å². The van der Waals surface area contributed by atoms with Crippen molar-refractivity contribution < 1.29 is 19.4 Å². The zero-order valence-corrected chi connectivity index (χ0v) is 5.37. The van der Waals surface area contributed by atoms with Gasteiger partial charge in [0.1, 0.15) is 0 Å². The third kappa shape index (κ3) is 6.74. The van der Waals surface area contributed by atoms with E-state index in [1.807, 2.05) is 0 Å². The smallest absolute Gasteiger partial charge is 0.404 e. The first-order valence-electron chi connectivity index (χ1n) is 2.77. The van der Waals surface area contributed by atoms with Crippen molar-refractivity contribution in [2.45, 2.75) is 12.8 Å². The zero-order chi connectivity index (χ0) is 7.98. The number of rotatable bonds is 4. The molecule has 0 radical (unpaired) electrons. The van der Waals surface area contributed by atoms with Crippen LogP contribution < -0.4 is 5.73 Å². The second-order valence-electron chi connectivity index (χ2n) is 1.66. The van der Waals surface area contributed by atoms with E-state index in [2.05, 4.69) is 10.5 Å². The van der Waals surface area contributed by atoms with Crippen molar-refractivity contribution in [3.8, 4) is 0 Å². The molecule has 0 atom stereocenters. The summed E-state index contributed by atoms with van der Waals surface area (Å²) in [6, 6.07) is 0. The Morgan fingerprint density at radius 1 is 1.50 bits per heavy atom. The van der Waals surface area contributed by atoms with Gasteiger partial charge < -0.3 is 15.6 Å². The molecule has 0 aliphatic carbocycles.